The second-order valence-corrected chi connectivity index (χ2v) is 6.16. The first kappa shape index (κ1) is 13.1. The molecule has 1 aromatic rings. The van der Waals surface area contributed by atoms with Crippen molar-refractivity contribution in [1.82, 2.24) is 10.1 Å². The molecule has 0 unspecified atom stereocenters. The molecule has 0 atom stereocenters. The highest BCUT2D eigenvalue weighted by molar-refractivity contribution is 5.06. The van der Waals surface area contributed by atoms with Crippen molar-refractivity contribution in [1.29, 1.82) is 0 Å². The minimum absolute atomic E-state index is 0.139. The maximum atomic E-state index is 6.36. The predicted molar refractivity (Wildman–Crippen MR) is 70.5 cm³/mol. The Bertz CT molecular complexity index is 432. The molecule has 5 nitrogen and oxygen atoms in total. The number of nitrogens with zero attached hydrogens (tertiary/aromatic N) is 2. The summed E-state index contributed by atoms with van der Waals surface area (Å²) in [5, 5.41) is 4.15. The van der Waals surface area contributed by atoms with Crippen LogP contribution < -0.4 is 5.73 Å². The van der Waals surface area contributed by atoms with Gasteiger partial charge in [0, 0.05) is 19.1 Å². The van der Waals surface area contributed by atoms with Crippen molar-refractivity contribution < 1.29 is 9.26 Å². The van der Waals surface area contributed by atoms with E-state index in [1.165, 1.54) is 25.7 Å². The first-order chi connectivity index (χ1) is 9.16. The maximum Gasteiger partial charge on any atom is 0.228 e. The highest BCUT2D eigenvalue weighted by atomic mass is 16.5. The lowest BCUT2D eigenvalue weighted by Gasteiger charge is -2.23. The van der Waals surface area contributed by atoms with Crippen LogP contribution in [0.15, 0.2) is 4.52 Å². The number of nitrogens with two attached hydrogens (primary N) is 1. The van der Waals surface area contributed by atoms with Crippen LogP contribution in [-0.2, 0) is 16.8 Å². The second kappa shape index (κ2) is 4.87. The van der Waals surface area contributed by atoms with E-state index in [0.29, 0.717) is 18.1 Å². The van der Waals surface area contributed by atoms with Crippen LogP contribution >= 0.6 is 0 Å². The van der Waals surface area contributed by atoms with Gasteiger partial charge in [0.25, 0.3) is 0 Å². The highest BCUT2D eigenvalue weighted by Crippen LogP contribution is 2.40. The van der Waals surface area contributed by atoms with Gasteiger partial charge in [0.05, 0.1) is 0 Å². The van der Waals surface area contributed by atoms with Gasteiger partial charge >= 0.3 is 0 Å². The minimum atomic E-state index is -0.320. The standard InChI is InChI=1S/C14H23N3O2/c1-18-14(8-4-5-9-14)12-16-11(19-17-12)10-13(15)6-2-3-7-13/h2-10,15H2,1H3. The average Bonchev–Trinajstić information content (AvgIpc) is 3.10. The Morgan fingerprint density at radius 3 is 2.42 bits per heavy atom. The van der Waals surface area contributed by atoms with Gasteiger partial charge < -0.3 is 15.0 Å². The van der Waals surface area contributed by atoms with Crippen LogP contribution in [0.2, 0.25) is 0 Å². The number of ether oxygens (including phenoxy) is 1. The number of aromatic nitrogens is 2. The van der Waals surface area contributed by atoms with Gasteiger partial charge in [0.2, 0.25) is 11.7 Å². The average molecular weight is 265 g/mol. The molecule has 2 fully saturated rings. The predicted octanol–water partition coefficient (Wildman–Crippen LogP) is 2.30. The van der Waals surface area contributed by atoms with E-state index >= 15 is 0 Å². The van der Waals surface area contributed by atoms with Gasteiger partial charge in [-0.2, -0.15) is 4.98 Å². The first-order valence-corrected chi connectivity index (χ1v) is 7.33. The van der Waals surface area contributed by atoms with Crippen LogP contribution in [0.25, 0.3) is 0 Å². The van der Waals surface area contributed by atoms with E-state index in [1.807, 2.05) is 0 Å². The largest absolute Gasteiger partial charge is 0.370 e. The summed E-state index contributed by atoms with van der Waals surface area (Å²) in [7, 11) is 1.74. The third-order valence-electron chi connectivity index (χ3n) is 4.78. The van der Waals surface area contributed by atoms with E-state index in [9.17, 15) is 0 Å². The molecule has 3 rings (SSSR count). The van der Waals surface area contributed by atoms with E-state index in [0.717, 1.165) is 25.7 Å². The van der Waals surface area contributed by atoms with Gasteiger partial charge in [-0.3, -0.25) is 0 Å². The van der Waals surface area contributed by atoms with Gasteiger partial charge in [-0.1, -0.05) is 18.0 Å². The first-order valence-electron chi connectivity index (χ1n) is 7.33. The topological polar surface area (TPSA) is 74.2 Å². The monoisotopic (exact) mass is 265 g/mol. The normalized spacial score (nSPS) is 24.9. The van der Waals surface area contributed by atoms with Crippen molar-refractivity contribution in [3.8, 4) is 0 Å². The molecule has 2 N–H and O–H groups in total. The van der Waals surface area contributed by atoms with Crippen LogP contribution in [0.5, 0.6) is 0 Å². The number of methoxy groups -OCH3 is 1. The van der Waals surface area contributed by atoms with E-state index in [4.69, 9.17) is 15.0 Å². The van der Waals surface area contributed by atoms with Crippen molar-refractivity contribution in [3.05, 3.63) is 11.7 Å². The SMILES string of the molecule is COC1(c2noc(CC3(N)CCCC3)n2)CCCC1. The summed E-state index contributed by atoms with van der Waals surface area (Å²) in [6, 6.07) is 0. The molecule has 2 aliphatic rings. The molecule has 0 aromatic carbocycles. The zero-order chi connectivity index (χ0) is 13.3. The maximum absolute atomic E-state index is 6.36. The molecule has 0 radical (unpaired) electrons. The van der Waals surface area contributed by atoms with Crippen molar-refractivity contribution in [3.63, 3.8) is 0 Å². The van der Waals surface area contributed by atoms with Crippen LogP contribution in [-0.4, -0.2) is 22.8 Å². The molecule has 0 saturated heterocycles. The quantitative estimate of drug-likeness (QED) is 0.904. The summed E-state index contributed by atoms with van der Waals surface area (Å²) < 4.78 is 11.1. The molecular weight excluding hydrogens is 242 g/mol. The molecule has 1 heterocycles. The summed E-state index contributed by atoms with van der Waals surface area (Å²) in [5.41, 5.74) is 5.90. The Hall–Kier alpha value is -0.940. The zero-order valence-electron chi connectivity index (χ0n) is 11.7. The summed E-state index contributed by atoms with van der Waals surface area (Å²) in [4.78, 5) is 4.56. The number of hydrogen-bond donors (Lipinski definition) is 1. The molecule has 106 valence electrons. The molecule has 5 heteroatoms. The van der Waals surface area contributed by atoms with Gasteiger partial charge in [0.15, 0.2) is 0 Å². The van der Waals surface area contributed by atoms with Crippen molar-refractivity contribution in [2.75, 3.05) is 7.11 Å². The van der Waals surface area contributed by atoms with E-state index in [1.54, 1.807) is 7.11 Å². The molecule has 1 aromatic heterocycles. The lowest BCUT2D eigenvalue weighted by molar-refractivity contribution is -0.0178. The van der Waals surface area contributed by atoms with Crippen molar-refractivity contribution in [2.24, 2.45) is 5.73 Å². The van der Waals surface area contributed by atoms with E-state index < -0.39 is 0 Å². The summed E-state index contributed by atoms with van der Waals surface area (Å²) in [6.45, 7) is 0. The molecular formula is C14H23N3O2. The lowest BCUT2D eigenvalue weighted by Crippen LogP contribution is -2.38. The minimum Gasteiger partial charge on any atom is -0.370 e. The van der Waals surface area contributed by atoms with Gasteiger partial charge in [-0.25, -0.2) is 0 Å². The third kappa shape index (κ3) is 2.41. The molecule has 0 aliphatic heterocycles. The van der Waals surface area contributed by atoms with Gasteiger partial charge in [-0.15, -0.1) is 0 Å². The highest BCUT2D eigenvalue weighted by Gasteiger charge is 2.41. The van der Waals surface area contributed by atoms with Crippen molar-refractivity contribution >= 4 is 0 Å². The fourth-order valence-corrected chi connectivity index (χ4v) is 3.53. The van der Waals surface area contributed by atoms with E-state index in [-0.39, 0.29) is 11.1 Å². The number of hydrogen-bond acceptors (Lipinski definition) is 5. The molecule has 0 amide bonds. The van der Waals surface area contributed by atoms with Gasteiger partial charge in [0.1, 0.15) is 5.60 Å². The molecule has 0 spiro atoms. The smallest absolute Gasteiger partial charge is 0.228 e. The Balaban J connectivity index is 1.75. The fourth-order valence-electron chi connectivity index (χ4n) is 3.53. The molecule has 0 bridgehead atoms. The van der Waals surface area contributed by atoms with Crippen LogP contribution in [0.4, 0.5) is 0 Å². The molecule has 19 heavy (non-hydrogen) atoms. The summed E-state index contributed by atoms with van der Waals surface area (Å²) >= 11 is 0. The van der Waals surface area contributed by atoms with Gasteiger partial charge in [-0.05, 0) is 38.5 Å². The fraction of sp³-hybridized carbons (Fsp3) is 0.857. The Morgan fingerprint density at radius 2 is 1.79 bits per heavy atom. The Labute approximate surface area is 113 Å². The van der Waals surface area contributed by atoms with E-state index in [2.05, 4.69) is 10.1 Å². The summed E-state index contributed by atoms with van der Waals surface area (Å²) in [6.07, 6.45) is 9.52. The molecule has 2 saturated carbocycles. The number of rotatable bonds is 4. The van der Waals surface area contributed by atoms with Crippen LogP contribution in [0, 0.1) is 0 Å². The van der Waals surface area contributed by atoms with Crippen molar-refractivity contribution in [2.45, 2.75) is 68.9 Å². The van der Waals surface area contributed by atoms with Crippen LogP contribution in [0.1, 0.15) is 63.1 Å². The summed E-state index contributed by atoms with van der Waals surface area (Å²) in [5.74, 6) is 1.38. The Kier molecular flexibility index (Phi) is 3.35. The Morgan fingerprint density at radius 1 is 1.16 bits per heavy atom. The lowest BCUT2D eigenvalue weighted by atomic mass is 9.95. The third-order valence-corrected chi connectivity index (χ3v) is 4.78. The van der Waals surface area contributed by atoms with Crippen LogP contribution in [0.3, 0.4) is 0 Å². The second-order valence-electron chi connectivity index (χ2n) is 6.16. The zero-order valence-corrected chi connectivity index (χ0v) is 11.7. The molecule has 2 aliphatic carbocycles.